The molecule has 0 heterocycles. The second-order valence-corrected chi connectivity index (χ2v) is 6.39. The number of hydrogen-bond acceptors (Lipinski definition) is 3. The SMILES string of the molecule is C[C@@H](CCc1ccccc1)NC(=O)COC(=O)Cc1ccc(Cl)cc1. The van der Waals surface area contributed by atoms with Crippen LogP contribution in [0.25, 0.3) is 0 Å². The van der Waals surface area contributed by atoms with Crippen LogP contribution in [0.5, 0.6) is 0 Å². The van der Waals surface area contributed by atoms with Crippen LogP contribution in [0.15, 0.2) is 54.6 Å². The molecule has 0 aromatic heterocycles. The van der Waals surface area contributed by atoms with Gasteiger partial charge >= 0.3 is 5.97 Å². The van der Waals surface area contributed by atoms with Gasteiger partial charge in [-0.25, -0.2) is 0 Å². The third-order valence-corrected chi connectivity index (χ3v) is 3.99. The Morgan fingerprint density at radius 3 is 2.40 bits per heavy atom. The molecule has 2 aromatic carbocycles. The molecule has 2 rings (SSSR count). The third-order valence-electron chi connectivity index (χ3n) is 3.74. The van der Waals surface area contributed by atoms with Crippen LogP contribution in [-0.2, 0) is 27.2 Å². The average Bonchev–Trinajstić information content (AvgIpc) is 2.61. The number of rotatable bonds is 8. The number of aryl methyl sites for hydroxylation is 1. The summed E-state index contributed by atoms with van der Waals surface area (Å²) in [4.78, 5) is 23.6. The first-order valence-corrected chi connectivity index (χ1v) is 8.64. The van der Waals surface area contributed by atoms with Gasteiger partial charge in [0.1, 0.15) is 0 Å². The van der Waals surface area contributed by atoms with Crippen LogP contribution in [0.3, 0.4) is 0 Å². The van der Waals surface area contributed by atoms with Crippen LogP contribution < -0.4 is 5.32 Å². The zero-order chi connectivity index (χ0) is 18.1. The van der Waals surface area contributed by atoms with Crippen LogP contribution in [0.2, 0.25) is 5.02 Å². The first-order valence-electron chi connectivity index (χ1n) is 8.26. The number of halogens is 1. The molecule has 0 fully saturated rings. The maximum absolute atomic E-state index is 11.9. The lowest BCUT2D eigenvalue weighted by Gasteiger charge is -2.14. The number of amides is 1. The van der Waals surface area contributed by atoms with Crippen molar-refractivity contribution in [1.82, 2.24) is 5.32 Å². The quantitative estimate of drug-likeness (QED) is 0.733. The standard InChI is InChI=1S/C20H22ClNO3/c1-15(7-8-16-5-3-2-4-6-16)22-19(23)14-25-20(24)13-17-9-11-18(21)12-10-17/h2-6,9-12,15H,7-8,13-14H2,1H3,(H,22,23)/t15-/m0/s1. The van der Waals surface area contributed by atoms with Crippen molar-refractivity contribution in [2.75, 3.05) is 6.61 Å². The van der Waals surface area contributed by atoms with E-state index in [0.29, 0.717) is 5.02 Å². The molecule has 2 aromatic rings. The predicted octanol–water partition coefficient (Wildman–Crippen LogP) is 3.56. The van der Waals surface area contributed by atoms with Crippen LogP contribution in [-0.4, -0.2) is 24.5 Å². The van der Waals surface area contributed by atoms with E-state index in [2.05, 4.69) is 17.4 Å². The van der Waals surface area contributed by atoms with Crippen molar-refractivity contribution in [2.45, 2.75) is 32.2 Å². The summed E-state index contributed by atoms with van der Waals surface area (Å²) in [6.45, 7) is 1.68. The minimum atomic E-state index is -0.436. The molecule has 1 N–H and O–H groups in total. The molecule has 0 bridgehead atoms. The normalized spacial score (nSPS) is 11.6. The first kappa shape index (κ1) is 19.0. The van der Waals surface area contributed by atoms with Gasteiger partial charge in [0.25, 0.3) is 5.91 Å². The zero-order valence-corrected chi connectivity index (χ0v) is 15.0. The lowest BCUT2D eigenvalue weighted by molar-refractivity contribution is -0.148. The summed E-state index contributed by atoms with van der Waals surface area (Å²) < 4.78 is 5.02. The second kappa shape index (κ2) is 9.84. The van der Waals surface area contributed by atoms with Gasteiger partial charge in [-0.3, -0.25) is 9.59 Å². The highest BCUT2D eigenvalue weighted by Gasteiger charge is 2.11. The topological polar surface area (TPSA) is 55.4 Å². The summed E-state index contributed by atoms with van der Waals surface area (Å²) in [7, 11) is 0. The highest BCUT2D eigenvalue weighted by Crippen LogP contribution is 2.10. The van der Waals surface area contributed by atoms with Crippen LogP contribution in [0.4, 0.5) is 0 Å². The molecule has 4 nitrogen and oxygen atoms in total. The molecule has 0 aliphatic heterocycles. The van der Waals surface area contributed by atoms with Gasteiger partial charge in [0.15, 0.2) is 6.61 Å². The van der Waals surface area contributed by atoms with E-state index in [4.69, 9.17) is 16.3 Å². The van der Waals surface area contributed by atoms with E-state index in [-0.39, 0.29) is 25.0 Å². The van der Waals surface area contributed by atoms with Gasteiger partial charge in [0, 0.05) is 11.1 Å². The van der Waals surface area contributed by atoms with Gasteiger partial charge in [-0.15, -0.1) is 0 Å². The van der Waals surface area contributed by atoms with Gasteiger partial charge < -0.3 is 10.1 Å². The van der Waals surface area contributed by atoms with E-state index in [1.165, 1.54) is 5.56 Å². The van der Waals surface area contributed by atoms with Gasteiger partial charge in [0.2, 0.25) is 0 Å². The average molecular weight is 360 g/mol. The molecule has 0 saturated heterocycles. The number of hydrogen-bond donors (Lipinski definition) is 1. The molecular weight excluding hydrogens is 338 g/mol. The maximum Gasteiger partial charge on any atom is 0.310 e. The van der Waals surface area contributed by atoms with Crippen molar-refractivity contribution in [3.63, 3.8) is 0 Å². The molecule has 5 heteroatoms. The first-order chi connectivity index (χ1) is 12.0. The molecule has 0 unspecified atom stereocenters. The molecular formula is C20H22ClNO3. The van der Waals surface area contributed by atoms with E-state index in [9.17, 15) is 9.59 Å². The summed E-state index contributed by atoms with van der Waals surface area (Å²) in [6, 6.07) is 17.1. The van der Waals surface area contributed by atoms with Gasteiger partial charge in [0.05, 0.1) is 6.42 Å². The Labute approximate surface area is 153 Å². The minimum Gasteiger partial charge on any atom is -0.455 e. The second-order valence-electron chi connectivity index (χ2n) is 5.96. The largest absolute Gasteiger partial charge is 0.455 e. The highest BCUT2D eigenvalue weighted by atomic mass is 35.5. The number of benzene rings is 2. The molecule has 0 spiro atoms. The van der Waals surface area contributed by atoms with E-state index in [1.54, 1.807) is 24.3 Å². The van der Waals surface area contributed by atoms with Crippen LogP contribution >= 0.6 is 11.6 Å². The lowest BCUT2D eigenvalue weighted by Crippen LogP contribution is -2.36. The van der Waals surface area contributed by atoms with E-state index in [1.807, 2.05) is 25.1 Å². The molecule has 0 aliphatic rings. The van der Waals surface area contributed by atoms with E-state index < -0.39 is 5.97 Å². The van der Waals surface area contributed by atoms with Gasteiger partial charge in [-0.2, -0.15) is 0 Å². The molecule has 1 amide bonds. The Morgan fingerprint density at radius 2 is 1.72 bits per heavy atom. The molecule has 0 radical (unpaired) electrons. The van der Waals surface area contributed by atoms with Crippen molar-refractivity contribution in [3.05, 3.63) is 70.7 Å². The Hall–Kier alpha value is -2.33. The summed E-state index contributed by atoms with van der Waals surface area (Å²) in [6.07, 6.45) is 1.83. The number of carbonyl (C=O) groups is 2. The molecule has 0 saturated carbocycles. The monoisotopic (exact) mass is 359 g/mol. The number of carbonyl (C=O) groups excluding carboxylic acids is 2. The summed E-state index contributed by atoms with van der Waals surface area (Å²) in [5, 5.41) is 3.46. The van der Waals surface area contributed by atoms with Gasteiger partial charge in [-0.05, 0) is 43.0 Å². The summed E-state index contributed by atoms with van der Waals surface area (Å²) >= 11 is 5.80. The fraction of sp³-hybridized carbons (Fsp3) is 0.300. The third kappa shape index (κ3) is 7.40. The van der Waals surface area contributed by atoms with E-state index in [0.717, 1.165) is 18.4 Å². The summed E-state index contributed by atoms with van der Waals surface area (Å²) in [5.41, 5.74) is 2.03. The van der Waals surface area contributed by atoms with Crippen molar-refractivity contribution >= 4 is 23.5 Å². The molecule has 1 atom stereocenters. The Bertz CT molecular complexity index is 686. The Morgan fingerprint density at radius 1 is 1.04 bits per heavy atom. The Kier molecular flexibility index (Phi) is 7.48. The Balaban J connectivity index is 1.65. The summed E-state index contributed by atoms with van der Waals surface area (Å²) in [5.74, 6) is -0.723. The fourth-order valence-corrected chi connectivity index (χ4v) is 2.51. The predicted molar refractivity (Wildman–Crippen MR) is 98.5 cm³/mol. The van der Waals surface area contributed by atoms with Crippen LogP contribution in [0, 0.1) is 0 Å². The van der Waals surface area contributed by atoms with Crippen molar-refractivity contribution in [1.29, 1.82) is 0 Å². The molecule has 132 valence electrons. The van der Waals surface area contributed by atoms with Crippen molar-refractivity contribution in [3.8, 4) is 0 Å². The maximum atomic E-state index is 11.9. The van der Waals surface area contributed by atoms with Crippen molar-refractivity contribution < 1.29 is 14.3 Å². The van der Waals surface area contributed by atoms with Crippen LogP contribution in [0.1, 0.15) is 24.5 Å². The number of ether oxygens (including phenoxy) is 1. The fourth-order valence-electron chi connectivity index (χ4n) is 2.38. The van der Waals surface area contributed by atoms with Gasteiger partial charge in [-0.1, -0.05) is 54.1 Å². The van der Waals surface area contributed by atoms with Crippen molar-refractivity contribution in [2.24, 2.45) is 0 Å². The lowest BCUT2D eigenvalue weighted by atomic mass is 10.1. The smallest absolute Gasteiger partial charge is 0.310 e. The minimum absolute atomic E-state index is 0.0164. The molecule has 0 aliphatic carbocycles. The van der Waals surface area contributed by atoms with E-state index >= 15 is 0 Å². The molecule has 25 heavy (non-hydrogen) atoms. The number of esters is 1. The number of nitrogens with one attached hydrogen (secondary N) is 1. The zero-order valence-electron chi connectivity index (χ0n) is 14.2. The highest BCUT2D eigenvalue weighted by molar-refractivity contribution is 6.30.